The van der Waals surface area contributed by atoms with Gasteiger partial charge in [0, 0.05) is 49.6 Å². The molecule has 5 aliphatic rings. The number of nitrogens with zero attached hydrogens (tertiary/aromatic N) is 6. The summed E-state index contributed by atoms with van der Waals surface area (Å²) in [5, 5.41) is 4.54. The first kappa shape index (κ1) is 59.7. The van der Waals surface area contributed by atoms with Gasteiger partial charge in [0.2, 0.25) is 0 Å². The van der Waals surface area contributed by atoms with Crippen LogP contribution in [0.25, 0.3) is 168 Å². The van der Waals surface area contributed by atoms with Gasteiger partial charge in [0.05, 0.1) is 0 Å². The second-order valence-electron chi connectivity index (χ2n) is 28.5. The van der Waals surface area contributed by atoms with Gasteiger partial charge in [0.1, 0.15) is 0 Å². The minimum absolute atomic E-state index is 0.154. The third-order valence-electron chi connectivity index (χ3n) is 22.8. The molecular formula is C96H68N6. The Hall–Kier alpha value is -12.4. The molecule has 5 aliphatic carbocycles. The minimum Gasteiger partial charge on any atom is -0.208 e. The molecule has 0 saturated heterocycles. The zero-order chi connectivity index (χ0) is 67.2. The van der Waals surface area contributed by atoms with E-state index in [0.29, 0.717) is 46.8 Å². The Bertz CT molecular complexity index is 5310. The van der Waals surface area contributed by atoms with Crippen LogP contribution in [-0.4, -0.2) is 29.9 Å². The number of benzene rings is 14. The predicted octanol–water partition coefficient (Wildman–Crippen LogP) is 24.1. The van der Waals surface area contributed by atoms with E-state index in [4.69, 9.17) is 29.9 Å². The molecule has 21 rings (SSSR count). The lowest BCUT2D eigenvalue weighted by Gasteiger charge is -2.61. The van der Waals surface area contributed by atoms with Crippen LogP contribution in [0.5, 0.6) is 0 Å². The van der Waals surface area contributed by atoms with Gasteiger partial charge in [-0.15, -0.1) is 0 Å². The highest BCUT2D eigenvalue weighted by Gasteiger charge is 2.61. The number of hydrogen-bond acceptors (Lipinski definition) is 6. The fourth-order valence-electron chi connectivity index (χ4n) is 18.3. The monoisotopic (exact) mass is 1300 g/mol. The summed E-state index contributed by atoms with van der Waals surface area (Å²) in [6.07, 6.45) is 6.42. The predicted molar refractivity (Wildman–Crippen MR) is 417 cm³/mol. The molecule has 2 aromatic heterocycles. The quantitative estimate of drug-likeness (QED) is 0.121. The molecule has 6 heteroatoms. The fraction of sp³-hybridized carbons (Fsp3) is 0.104. The molecule has 2 heterocycles. The van der Waals surface area contributed by atoms with Crippen LogP contribution in [0.4, 0.5) is 0 Å². The molecule has 0 atom stereocenters. The molecule has 14 aromatic carbocycles. The topological polar surface area (TPSA) is 77.3 Å². The molecule has 482 valence electrons. The van der Waals surface area contributed by atoms with E-state index in [1.165, 1.54) is 98.9 Å². The molecule has 4 saturated carbocycles. The molecule has 0 N–H and O–H groups in total. The van der Waals surface area contributed by atoms with Crippen molar-refractivity contribution in [2.45, 2.75) is 37.5 Å². The Labute approximate surface area is 593 Å². The lowest BCUT2D eigenvalue weighted by molar-refractivity contribution is -0.0399. The molecule has 16 aromatic rings. The average molecular weight is 1310 g/mol. The van der Waals surface area contributed by atoms with E-state index in [2.05, 4.69) is 328 Å². The van der Waals surface area contributed by atoms with Gasteiger partial charge in [0.15, 0.2) is 34.9 Å². The third-order valence-corrected chi connectivity index (χ3v) is 22.8. The van der Waals surface area contributed by atoms with Gasteiger partial charge in [0.25, 0.3) is 0 Å². The highest BCUT2D eigenvalue weighted by atomic mass is 15.0. The number of rotatable bonds is 12. The molecule has 0 unspecified atom stereocenters. The summed E-state index contributed by atoms with van der Waals surface area (Å²) in [5.41, 5.74) is 25.2. The second-order valence-corrected chi connectivity index (χ2v) is 28.5. The molecular weight excluding hydrogens is 1240 g/mol. The summed E-state index contributed by atoms with van der Waals surface area (Å²) in [6, 6.07) is 118. The second kappa shape index (κ2) is 24.5. The van der Waals surface area contributed by atoms with Crippen LogP contribution in [0.2, 0.25) is 0 Å². The van der Waals surface area contributed by atoms with E-state index in [1.807, 2.05) is 0 Å². The van der Waals surface area contributed by atoms with Gasteiger partial charge in [-0.05, 0) is 168 Å². The van der Waals surface area contributed by atoms with E-state index >= 15 is 0 Å². The Balaban J connectivity index is 0.715. The van der Waals surface area contributed by atoms with Crippen LogP contribution in [-0.2, 0) is 5.41 Å². The first-order valence-electron chi connectivity index (χ1n) is 36.0. The molecule has 4 bridgehead atoms. The molecule has 102 heavy (non-hydrogen) atoms. The summed E-state index contributed by atoms with van der Waals surface area (Å²) in [4.78, 5) is 32.4. The largest absolute Gasteiger partial charge is 0.208 e. The molecule has 0 amide bonds. The summed E-state index contributed by atoms with van der Waals surface area (Å²) >= 11 is 0. The minimum atomic E-state index is -0.154. The first-order valence-corrected chi connectivity index (χ1v) is 36.0. The Kier molecular flexibility index (Phi) is 14.3. The maximum atomic E-state index is 5.45. The van der Waals surface area contributed by atoms with Crippen LogP contribution in [0.1, 0.15) is 43.2 Å². The van der Waals surface area contributed by atoms with Gasteiger partial charge >= 0.3 is 0 Å². The van der Waals surface area contributed by atoms with Crippen LogP contribution in [0.15, 0.2) is 328 Å². The highest BCUT2D eigenvalue weighted by Crippen LogP contribution is 2.70. The Morgan fingerprint density at radius 3 is 0.755 bits per heavy atom. The number of aromatic nitrogens is 6. The van der Waals surface area contributed by atoms with Crippen molar-refractivity contribution in [2.24, 2.45) is 23.7 Å². The standard InChI is InChI=1S/C96H68N6/c1-5-17-62(18-6-1)66-33-41-72(42-34-66)90-97-91(73-43-35-67(36-44-73)63-19-7-2-8-20-63)100-94(99-90)84-31-15-27-70-25-13-29-80(88(70)84)76-49-51-82-83-52-50-77(59-87(83)96(86(82)58-76)78-54-60-53-61(56-78)57-79(96)55-60)81-30-14-26-71-28-16-32-85(89(71)81)95-101-92(74-45-37-68(38-46-74)64-21-9-3-10-22-64)98-93(102-95)75-47-39-69(40-48-75)65-23-11-4-12-24-65/h1-52,58-61,78-79H,53-57H2. The molecule has 0 radical (unpaired) electrons. The SMILES string of the molecule is c1ccc(-c2ccc(-c3nc(-c4ccc(-c5ccccc5)cc4)nc(-c4cccc5cccc(-c6ccc7c(c6)C6(c8cc(-c9cccc%10cccc(-c%11nc(-c%12ccc(-c%13ccccc%13)cc%12)nc(-c%12ccc(-c%13ccccc%13)cc%12)n%11)c9%10)ccc8-7)C7CC8CC(C7)CC6C8)c45)n3)cc2)cc1. The summed E-state index contributed by atoms with van der Waals surface area (Å²) in [7, 11) is 0. The third kappa shape index (κ3) is 10.2. The van der Waals surface area contributed by atoms with Gasteiger partial charge < -0.3 is 0 Å². The van der Waals surface area contributed by atoms with Crippen LogP contribution < -0.4 is 0 Å². The van der Waals surface area contributed by atoms with E-state index < -0.39 is 0 Å². The Morgan fingerprint density at radius 2 is 0.451 bits per heavy atom. The normalized spacial score (nSPS) is 16.7. The van der Waals surface area contributed by atoms with Gasteiger partial charge in [-0.3, -0.25) is 0 Å². The van der Waals surface area contributed by atoms with E-state index in [9.17, 15) is 0 Å². The van der Waals surface area contributed by atoms with Crippen molar-refractivity contribution in [1.82, 2.24) is 29.9 Å². The van der Waals surface area contributed by atoms with Crippen molar-refractivity contribution in [3.63, 3.8) is 0 Å². The average Bonchev–Trinajstić information content (AvgIpc) is 1.49. The van der Waals surface area contributed by atoms with Gasteiger partial charge in [-0.25, -0.2) is 29.9 Å². The first-order chi connectivity index (χ1) is 50.5. The van der Waals surface area contributed by atoms with Crippen molar-refractivity contribution >= 4 is 21.5 Å². The highest BCUT2D eigenvalue weighted by molar-refractivity contribution is 6.08. The number of fused-ring (bicyclic) bond motifs is 5. The maximum Gasteiger partial charge on any atom is 0.164 e. The van der Waals surface area contributed by atoms with Crippen molar-refractivity contribution in [1.29, 1.82) is 0 Å². The zero-order valence-corrected chi connectivity index (χ0v) is 56.2. The van der Waals surface area contributed by atoms with Crippen LogP contribution >= 0.6 is 0 Å². The summed E-state index contributed by atoms with van der Waals surface area (Å²) in [6.45, 7) is 0. The van der Waals surface area contributed by atoms with E-state index in [0.717, 1.165) is 89.0 Å². The molecule has 6 nitrogen and oxygen atoms in total. The van der Waals surface area contributed by atoms with Crippen LogP contribution in [0.3, 0.4) is 0 Å². The lowest BCUT2D eigenvalue weighted by atomic mass is 9.43. The van der Waals surface area contributed by atoms with Crippen molar-refractivity contribution in [2.75, 3.05) is 0 Å². The zero-order valence-electron chi connectivity index (χ0n) is 56.2. The van der Waals surface area contributed by atoms with Crippen molar-refractivity contribution in [3.05, 3.63) is 339 Å². The lowest BCUT2D eigenvalue weighted by Crippen LogP contribution is -2.55. The summed E-state index contributed by atoms with van der Waals surface area (Å²) < 4.78 is 0. The molecule has 0 aliphatic heterocycles. The van der Waals surface area contributed by atoms with Gasteiger partial charge in [-0.2, -0.15) is 0 Å². The van der Waals surface area contributed by atoms with E-state index in [1.54, 1.807) is 0 Å². The Morgan fingerprint density at radius 1 is 0.196 bits per heavy atom. The molecule has 1 spiro atoms. The molecule has 4 fully saturated rings. The van der Waals surface area contributed by atoms with Crippen molar-refractivity contribution < 1.29 is 0 Å². The summed E-state index contributed by atoms with van der Waals surface area (Å²) in [5.74, 6) is 6.41. The fourth-order valence-corrected chi connectivity index (χ4v) is 18.3. The van der Waals surface area contributed by atoms with Crippen LogP contribution in [0, 0.1) is 23.7 Å². The smallest absolute Gasteiger partial charge is 0.164 e. The maximum absolute atomic E-state index is 5.45. The number of hydrogen-bond donors (Lipinski definition) is 0. The van der Waals surface area contributed by atoms with Crippen molar-refractivity contribution in [3.8, 4) is 146 Å². The van der Waals surface area contributed by atoms with Gasteiger partial charge in [-0.1, -0.05) is 315 Å². The van der Waals surface area contributed by atoms with E-state index in [-0.39, 0.29) is 5.41 Å².